The maximum Gasteiger partial charge on any atom is 0.313 e. The second-order valence-electron chi connectivity index (χ2n) is 4.55. The highest BCUT2D eigenvalue weighted by molar-refractivity contribution is 6.04. The molecule has 3 aromatic rings. The van der Waals surface area contributed by atoms with Crippen molar-refractivity contribution in [1.82, 2.24) is 0 Å². The Morgan fingerprint density at radius 2 is 1.95 bits per heavy atom. The Hall–Kier alpha value is -2.82. The van der Waals surface area contributed by atoms with Gasteiger partial charge < -0.3 is 13.6 Å². The van der Waals surface area contributed by atoms with Crippen molar-refractivity contribution < 1.29 is 23.2 Å². The van der Waals surface area contributed by atoms with Crippen LogP contribution in [0.1, 0.15) is 17.0 Å². The summed E-state index contributed by atoms with van der Waals surface area (Å²) < 4.78 is 15.0. The molecule has 0 bridgehead atoms. The van der Waals surface area contributed by atoms with Gasteiger partial charge in [-0.1, -0.05) is 12.1 Å². The standard InChI is InChI=1S/C16H12O5/c1-19-16(18)8-13(17)15-7-12(9-21-15)11-3-2-10-4-5-20-14(10)6-11/h2-7,9H,8H2,1H3. The molecular formula is C16H12O5. The van der Waals surface area contributed by atoms with E-state index in [1.165, 1.54) is 13.4 Å². The fourth-order valence-corrected chi connectivity index (χ4v) is 2.06. The molecule has 0 N–H and O–H groups in total. The Kier molecular flexibility index (Phi) is 3.31. The summed E-state index contributed by atoms with van der Waals surface area (Å²) in [5.41, 5.74) is 2.39. The van der Waals surface area contributed by atoms with Gasteiger partial charge in [-0.15, -0.1) is 0 Å². The van der Waals surface area contributed by atoms with Crippen molar-refractivity contribution in [3.8, 4) is 11.1 Å². The average molecular weight is 284 g/mol. The van der Waals surface area contributed by atoms with Gasteiger partial charge in [0.15, 0.2) is 5.76 Å². The first-order valence-electron chi connectivity index (χ1n) is 6.33. The van der Waals surface area contributed by atoms with Crippen LogP contribution < -0.4 is 0 Å². The third-order valence-corrected chi connectivity index (χ3v) is 3.20. The van der Waals surface area contributed by atoms with Crippen LogP contribution in [0.4, 0.5) is 0 Å². The van der Waals surface area contributed by atoms with Gasteiger partial charge in [-0.25, -0.2) is 0 Å². The van der Waals surface area contributed by atoms with Crippen molar-refractivity contribution in [2.75, 3.05) is 7.11 Å². The van der Waals surface area contributed by atoms with Gasteiger partial charge in [0, 0.05) is 10.9 Å². The molecule has 0 amide bonds. The van der Waals surface area contributed by atoms with Crippen molar-refractivity contribution in [3.05, 3.63) is 48.6 Å². The second kappa shape index (κ2) is 5.28. The molecule has 0 aliphatic heterocycles. The largest absolute Gasteiger partial charge is 0.469 e. The van der Waals surface area contributed by atoms with E-state index in [2.05, 4.69) is 4.74 Å². The maximum atomic E-state index is 11.8. The molecule has 3 rings (SSSR count). The van der Waals surface area contributed by atoms with E-state index in [-0.39, 0.29) is 12.2 Å². The normalized spacial score (nSPS) is 10.7. The van der Waals surface area contributed by atoms with Crippen LogP contribution in [0.2, 0.25) is 0 Å². The van der Waals surface area contributed by atoms with Gasteiger partial charge in [0.05, 0.1) is 19.6 Å². The van der Waals surface area contributed by atoms with Crippen LogP contribution in [0.3, 0.4) is 0 Å². The van der Waals surface area contributed by atoms with E-state index in [4.69, 9.17) is 8.83 Å². The van der Waals surface area contributed by atoms with Crippen molar-refractivity contribution >= 4 is 22.7 Å². The van der Waals surface area contributed by atoms with Crippen LogP contribution in [0, 0.1) is 0 Å². The molecule has 2 aromatic heterocycles. The van der Waals surface area contributed by atoms with Gasteiger partial charge in [-0.05, 0) is 23.8 Å². The zero-order chi connectivity index (χ0) is 14.8. The second-order valence-corrected chi connectivity index (χ2v) is 4.55. The van der Waals surface area contributed by atoms with E-state index in [0.717, 1.165) is 22.1 Å². The van der Waals surface area contributed by atoms with Gasteiger partial charge in [0.1, 0.15) is 12.0 Å². The smallest absolute Gasteiger partial charge is 0.313 e. The summed E-state index contributed by atoms with van der Waals surface area (Å²) in [5.74, 6) is -0.864. The number of ketones is 1. The summed E-state index contributed by atoms with van der Waals surface area (Å²) in [4.78, 5) is 22.9. The number of hydrogen-bond donors (Lipinski definition) is 0. The van der Waals surface area contributed by atoms with Gasteiger partial charge in [0.25, 0.3) is 0 Å². The van der Waals surface area contributed by atoms with Crippen molar-refractivity contribution in [2.45, 2.75) is 6.42 Å². The van der Waals surface area contributed by atoms with Crippen LogP contribution in [0.15, 0.2) is 51.7 Å². The third kappa shape index (κ3) is 2.58. The minimum Gasteiger partial charge on any atom is -0.469 e. The quantitative estimate of drug-likeness (QED) is 0.417. The molecule has 0 saturated carbocycles. The van der Waals surface area contributed by atoms with E-state index in [0.29, 0.717) is 0 Å². The predicted molar refractivity (Wildman–Crippen MR) is 74.9 cm³/mol. The number of methoxy groups -OCH3 is 1. The molecular weight excluding hydrogens is 272 g/mol. The molecule has 0 atom stereocenters. The number of esters is 1. The molecule has 21 heavy (non-hydrogen) atoms. The summed E-state index contributed by atoms with van der Waals surface area (Å²) in [6.45, 7) is 0. The van der Waals surface area contributed by atoms with Gasteiger partial charge >= 0.3 is 5.97 Å². The Labute approximate surface area is 120 Å². The zero-order valence-electron chi connectivity index (χ0n) is 11.3. The number of ether oxygens (including phenoxy) is 1. The summed E-state index contributed by atoms with van der Waals surface area (Å²) in [7, 11) is 1.24. The molecule has 2 heterocycles. The minimum atomic E-state index is -0.588. The number of carbonyl (C=O) groups is 2. The van der Waals surface area contributed by atoms with Gasteiger partial charge in [-0.3, -0.25) is 9.59 Å². The zero-order valence-corrected chi connectivity index (χ0v) is 11.3. The lowest BCUT2D eigenvalue weighted by atomic mass is 10.1. The fourth-order valence-electron chi connectivity index (χ4n) is 2.06. The molecule has 0 fully saturated rings. The molecule has 0 aliphatic carbocycles. The molecule has 0 unspecified atom stereocenters. The van der Waals surface area contributed by atoms with Gasteiger partial charge in [-0.2, -0.15) is 0 Å². The van der Waals surface area contributed by atoms with Gasteiger partial charge in [0.2, 0.25) is 5.78 Å². The first kappa shape index (κ1) is 13.2. The Morgan fingerprint density at radius 3 is 2.76 bits per heavy atom. The monoisotopic (exact) mass is 284 g/mol. The first-order chi connectivity index (χ1) is 10.2. The Balaban J connectivity index is 1.87. The summed E-state index contributed by atoms with van der Waals surface area (Å²) in [6.07, 6.45) is 2.77. The predicted octanol–water partition coefficient (Wildman–Crippen LogP) is 3.44. The lowest BCUT2D eigenvalue weighted by Gasteiger charge is -1.96. The topological polar surface area (TPSA) is 69.7 Å². The lowest BCUT2D eigenvalue weighted by Crippen LogP contribution is -2.08. The number of Topliss-reactive ketones (excluding diaryl/α,β-unsaturated/α-hetero) is 1. The number of hydrogen-bond acceptors (Lipinski definition) is 5. The fraction of sp³-hybridized carbons (Fsp3) is 0.125. The Morgan fingerprint density at radius 1 is 1.10 bits per heavy atom. The highest BCUT2D eigenvalue weighted by Crippen LogP contribution is 2.27. The summed E-state index contributed by atoms with van der Waals surface area (Å²) in [5, 5.41) is 1.00. The minimum absolute atomic E-state index is 0.134. The SMILES string of the molecule is COC(=O)CC(=O)c1cc(-c2ccc3ccoc3c2)co1. The number of fused-ring (bicyclic) bond motifs is 1. The van der Waals surface area contributed by atoms with Crippen LogP contribution in [-0.2, 0) is 9.53 Å². The van der Waals surface area contributed by atoms with Crippen LogP contribution in [-0.4, -0.2) is 18.9 Å². The number of furan rings is 2. The highest BCUT2D eigenvalue weighted by Gasteiger charge is 2.16. The molecule has 106 valence electrons. The third-order valence-electron chi connectivity index (χ3n) is 3.20. The van der Waals surface area contributed by atoms with E-state index >= 15 is 0 Å². The summed E-state index contributed by atoms with van der Waals surface area (Å²) in [6, 6.07) is 9.19. The molecule has 1 aromatic carbocycles. The van der Waals surface area contributed by atoms with Crippen molar-refractivity contribution in [3.63, 3.8) is 0 Å². The van der Waals surface area contributed by atoms with E-state index in [1.807, 2.05) is 24.3 Å². The van der Waals surface area contributed by atoms with E-state index < -0.39 is 11.8 Å². The molecule has 0 saturated heterocycles. The molecule has 5 heteroatoms. The lowest BCUT2D eigenvalue weighted by molar-refractivity contribution is -0.139. The Bertz CT molecular complexity index is 809. The molecule has 0 aliphatic rings. The van der Waals surface area contributed by atoms with Crippen LogP contribution in [0.5, 0.6) is 0 Å². The maximum absolute atomic E-state index is 11.8. The average Bonchev–Trinajstić information content (AvgIpc) is 3.15. The highest BCUT2D eigenvalue weighted by atomic mass is 16.5. The van der Waals surface area contributed by atoms with Crippen LogP contribution in [0.25, 0.3) is 22.1 Å². The van der Waals surface area contributed by atoms with Crippen molar-refractivity contribution in [1.29, 1.82) is 0 Å². The van der Waals surface area contributed by atoms with Crippen molar-refractivity contribution in [2.24, 2.45) is 0 Å². The first-order valence-corrected chi connectivity index (χ1v) is 6.33. The van der Waals surface area contributed by atoms with Crippen LogP contribution >= 0.6 is 0 Å². The number of benzene rings is 1. The number of rotatable bonds is 4. The number of carbonyl (C=O) groups excluding carboxylic acids is 2. The van der Waals surface area contributed by atoms with E-state index in [1.54, 1.807) is 12.3 Å². The molecule has 5 nitrogen and oxygen atoms in total. The molecule has 0 radical (unpaired) electrons. The summed E-state index contributed by atoms with van der Waals surface area (Å²) >= 11 is 0. The molecule has 0 spiro atoms. The van der Waals surface area contributed by atoms with E-state index in [9.17, 15) is 9.59 Å².